The molecule has 3 atom stereocenters. The number of aliphatic hydroxyl groups is 1. The Morgan fingerprint density at radius 1 is 1.00 bits per heavy atom. The molecule has 194 valence electrons. The smallest absolute Gasteiger partial charge is 0.120 e. The van der Waals surface area contributed by atoms with Gasteiger partial charge in [0, 0.05) is 29.5 Å². The Kier molecular flexibility index (Phi) is 6.81. The monoisotopic (exact) mass is 497 g/mol. The van der Waals surface area contributed by atoms with Crippen LogP contribution in [0.25, 0.3) is 0 Å². The number of hydrogen-bond acceptors (Lipinski definition) is 4. The summed E-state index contributed by atoms with van der Waals surface area (Å²) in [6.45, 7) is 3.85. The van der Waals surface area contributed by atoms with Crippen molar-refractivity contribution in [3.8, 4) is 5.75 Å². The first-order chi connectivity index (χ1) is 18.0. The molecule has 2 aromatic carbocycles. The van der Waals surface area contributed by atoms with Crippen LogP contribution >= 0.6 is 0 Å². The van der Waals surface area contributed by atoms with Gasteiger partial charge in [-0.05, 0) is 105 Å². The van der Waals surface area contributed by atoms with Crippen LogP contribution in [-0.2, 0) is 29.6 Å². The molecule has 4 nitrogen and oxygen atoms in total. The van der Waals surface area contributed by atoms with Gasteiger partial charge in [-0.15, -0.1) is 0 Å². The molecule has 0 unspecified atom stereocenters. The third-order valence-electron chi connectivity index (χ3n) is 9.11. The zero-order chi connectivity index (χ0) is 25.3. The second-order valence-electron chi connectivity index (χ2n) is 11.8. The maximum atomic E-state index is 11.6. The predicted molar refractivity (Wildman–Crippen MR) is 146 cm³/mol. The highest BCUT2D eigenvalue weighted by molar-refractivity contribution is 5.45. The zero-order valence-corrected chi connectivity index (χ0v) is 22.0. The molecular formula is C33H39NO3. The van der Waals surface area contributed by atoms with Crippen molar-refractivity contribution < 1.29 is 14.6 Å². The minimum absolute atomic E-state index is 0.0378. The van der Waals surface area contributed by atoms with E-state index in [0.717, 1.165) is 68.1 Å². The summed E-state index contributed by atoms with van der Waals surface area (Å²) < 4.78 is 12.2. The van der Waals surface area contributed by atoms with Crippen molar-refractivity contribution in [2.75, 3.05) is 13.2 Å². The van der Waals surface area contributed by atoms with Gasteiger partial charge in [0.2, 0.25) is 0 Å². The number of fused-ring (bicyclic) bond motifs is 3. The van der Waals surface area contributed by atoms with Crippen LogP contribution in [0.15, 0.2) is 66.9 Å². The van der Waals surface area contributed by atoms with Gasteiger partial charge < -0.3 is 14.6 Å². The lowest BCUT2D eigenvalue weighted by atomic mass is 9.52. The van der Waals surface area contributed by atoms with E-state index in [0.29, 0.717) is 19.1 Å². The molecule has 37 heavy (non-hydrogen) atoms. The number of aryl methyl sites for hydroxylation is 2. The van der Waals surface area contributed by atoms with Crippen LogP contribution in [0.4, 0.5) is 0 Å². The normalized spacial score (nSPS) is 26.8. The van der Waals surface area contributed by atoms with Gasteiger partial charge in [0.25, 0.3) is 0 Å². The highest BCUT2D eigenvalue weighted by Crippen LogP contribution is 2.54. The summed E-state index contributed by atoms with van der Waals surface area (Å²) in [5.74, 6) is 2.09. The maximum Gasteiger partial charge on any atom is 0.120 e. The topological polar surface area (TPSA) is 51.6 Å². The molecule has 2 saturated carbocycles. The Labute approximate surface area is 221 Å². The van der Waals surface area contributed by atoms with Crippen molar-refractivity contribution in [3.63, 3.8) is 0 Å². The quantitative estimate of drug-likeness (QED) is 0.374. The Balaban J connectivity index is 1.25. The summed E-state index contributed by atoms with van der Waals surface area (Å²) in [6.07, 6.45) is 10.1. The lowest BCUT2D eigenvalue weighted by Crippen LogP contribution is -2.52. The van der Waals surface area contributed by atoms with Gasteiger partial charge in [-0.1, -0.05) is 42.5 Å². The van der Waals surface area contributed by atoms with E-state index in [4.69, 9.17) is 9.47 Å². The first-order valence-corrected chi connectivity index (χ1v) is 14.0. The molecule has 0 saturated heterocycles. The van der Waals surface area contributed by atoms with Crippen LogP contribution in [0.1, 0.15) is 66.5 Å². The second-order valence-corrected chi connectivity index (χ2v) is 11.8. The number of ether oxygens (including phenoxy) is 2. The molecule has 1 N–H and O–H groups in total. The average Bonchev–Trinajstić information content (AvgIpc) is 3.74. The number of rotatable bonds is 9. The molecule has 0 spiro atoms. The van der Waals surface area contributed by atoms with Gasteiger partial charge in [-0.3, -0.25) is 4.98 Å². The van der Waals surface area contributed by atoms with Crippen LogP contribution in [0, 0.1) is 18.8 Å². The Morgan fingerprint density at radius 3 is 2.68 bits per heavy atom. The van der Waals surface area contributed by atoms with Gasteiger partial charge >= 0.3 is 0 Å². The first kappa shape index (κ1) is 24.6. The summed E-state index contributed by atoms with van der Waals surface area (Å²) in [7, 11) is 0. The van der Waals surface area contributed by atoms with Crippen molar-refractivity contribution in [3.05, 3.63) is 94.8 Å². The summed E-state index contributed by atoms with van der Waals surface area (Å²) in [4.78, 5) is 4.39. The molecule has 0 radical (unpaired) electrons. The fourth-order valence-corrected chi connectivity index (χ4v) is 6.78. The number of benzene rings is 2. The van der Waals surface area contributed by atoms with E-state index in [1.54, 1.807) is 0 Å². The van der Waals surface area contributed by atoms with Crippen LogP contribution in [-0.4, -0.2) is 28.9 Å². The number of aromatic nitrogens is 1. The van der Waals surface area contributed by atoms with Crippen LogP contribution in [0.3, 0.4) is 0 Å². The third kappa shape index (κ3) is 5.32. The van der Waals surface area contributed by atoms with Gasteiger partial charge in [0.1, 0.15) is 12.4 Å². The lowest BCUT2D eigenvalue weighted by Gasteiger charge is -2.53. The van der Waals surface area contributed by atoms with Crippen LogP contribution in [0.2, 0.25) is 0 Å². The summed E-state index contributed by atoms with van der Waals surface area (Å²) >= 11 is 0. The molecule has 6 rings (SSSR count). The van der Waals surface area contributed by atoms with E-state index < -0.39 is 5.60 Å². The molecule has 1 aromatic heterocycles. The van der Waals surface area contributed by atoms with Crippen molar-refractivity contribution in [2.45, 2.75) is 75.9 Å². The minimum atomic E-state index is -0.706. The predicted octanol–water partition coefficient (Wildman–Crippen LogP) is 6.35. The Bertz CT molecular complexity index is 1220. The zero-order valence-electron chi connectivity index (χ0n) is 22.0. The van der Waals surface area contributed by atoms with E-state index in [1.807, 2.05) is 19.2 Å². The fraction of sp³-hybridized carbons (Fsp3) is 0.485. The van der Waals surface area contributed by atoms with Crippen molar-refractivity contribution in [2.24, 2.45) is 11.8 Å². The Hall–Kier alpha value is -2.69. The SMILES string of the molecule is Cc1ncccc1COc1ccc2c(c1)CC[C@@H]1C[C@@](O)(COCC3CC3)CC[C@@]21Cc1ccccc1. The largest absolute Gasteiger partial charge is 0.489 e. The van der Waals surface area contributed by atoms with E-state index in [2.05, 4.69) is 59.6 Å². The van der Waals surface area contributed by atoms with Gasteiger partial charge in [-0.2, -0.15) is 0 Å². The lowest BCUT2D eigenvalue weighted by molar-refractivity contribution is -0.102. The molecule has 3 aromatic rings. The summed E-state index contributed by atoms with van der Waals surface area (Å²) in [5, 5.41) is 11.6. The highest BCUT2D eigenvalue weighted by Gasteiger charge is 2.51. The minimum Gasteiger partial charge on any atom is -0.489 e. The standard InChI is InChI=1S/C33H39NO3/c1-24-28(8-5-17-34-24)22-37-30-13-14-31-27(18-30)11-12-29-20-32(35,23-36-21-26-9-10-26)15-16-33(29,31)19-25-6-3-2-4-7-25/h2-8,13-14,17-18,26,29,35H,9-12,15-16,19-23H2,1H3/t29-,32-,33+/m1/s1. The number of hydrogen-bond donors (Lipinski definition) is 1. The molecular weight excluding hydrogens is 458 g/mol. The van der Waals surface area contributed by atoms with Gasteiger partial charge in [0.05, 0.1) is 12.2 Å². The molecule has 4 heteroatoms. The highest BCUT2D eigenvalue weighted by atomic mass is 16.5. The van der Waals surface area contributed by atoms with Gasteiger partial charge in [-0.25, -0.2) is 0 Å². The van der Waals surface area contributed by atoms with Crippen LogP contribution < -0.4 is 4.74 Å². The molecule has 3 aliphatic rings. The van der Waals surface area contributed by atoms with E-state index >= 15 is 0 Å². The Morgan fingerprint density at radius 2 is 1.86 bits per heavy atom. The van der Waals surface area contributed by atoms with Crippen molar-refractivity contribution >= 4 is 0 Å². The fourth-order valence-electron chi connectivity index (χ4n) is 6.78. The number of nitrogens with zero attached hydrogens (tertiary/aromatic N) is 1. The maximum absolute atomic E-state index is 11.6. The molecule has 3 aliphatic carbocycles. The molecule has 1 heterocycles. The molecule has 0 aliphatic heterocycles. The summed E-state index contributed by atoms with van der Waals surface area (Å²) in [5.41, 5.74) is 5.71. The third-order valence-corrected chi connectivity index (χ3v) is 9.11. The average molecular weight is 498 g/mol. The van der Waals surface area contributed by atoms with E-state index in [1.165, 1.54) is 29.5 Å². The number of pyridine rings is 1. The van der Waals surface area contributed by atoms with Crippen LogP contribution in [0.5, 0.6) is 5.75 Å². The van der Waals surface area contributed by atoms with E-state index in [-0.39, 0.29) is 5.41 Å². The second kappa shape index (κ2) is 10.2. The molecule has 0 amide bonds. The first-order valence-electron chi connectivity index (χ1n) is 14.0. The summed E-state index contributed by atoms with van der Waals surface area (Å²) in [6, 6.07) is 21.7. The molecule has 0 bridgehead atoms. The molecule has 2 fully saturated rings. The van der Waals surface area contributed by atoms with Crippen molar-refractivity contribution in [1.29, 1.82) is 0 Å². The van der Waals surface area contributed by atoms with E-state index in [9.17, 15) is 5.11 Å². The van der Waals surface area contributed by atoms with Crippen molar-refractivity contribution in [1.82, 2.24) is 4.98 Å². The van der Waals surface area contributed by atoms with Gasteiger partial charge in [0.15, 0.2) is 0 Å².